The highest BCUT2D eigenvalue weighted by atomic mass is 32.2. The normalized spacial score (nSPS) is 19.0. The number of benzene rings is 1. The molecule has 0 spiro atoms. The molecule has 0 aliphatic carbocycles. The molecule has 1 fully saturated rings. The van der Waals surface area contributed by atoms with E-state index < -0.39 is 10.0 Å². The van der Waals surface area contributed by atoms with Gasteiger partial charge in [-0.15, -0.1) is 0 Å². The fourth-order valence-electron chi connectivity index (χ4n) is 3.12. The number of carbonyl (C=O) groups is 2. The highest BCUT2D eigenvalue weighted by Gasteiger charge is 2.28. The zero-order valence-corrected chi connectivity index (χ0v) is 16.1. The quantitative estimate of drug-likeness (QED) is 0.740. The van der Waals surface area contributed by atoms with Gasteiger partial charge in [0.05, 0.1) is 6.26 Å². The molecule has 2 amide bonds. The van der Waals surface area contributed by atoms with E-state index in [2.05, 4.69) is 10.0 Å². The van der Waals surface area contributed by atoms with Gasteiger partial charge >= 0.3 is 0 Å². The van der Waals surface area contributed by atoms with Gasteiger partial charge in [0.25, 0.3) is 5.91 Å². The van der Waals surface area contributed by atoms with Crippen LogP contribution in [0.4, 0.5) is 0 Å². The molecule has 2 rings (SSSR count). The van der Waals surface area contributed by atoms with Crippen molar-refractivity contribution in [3.63, 3.8) is 0 Å². The second-order valence-corrected chi connectivity index (χ2v) is 8.64. The lowest BCUT2D eigenvalue weighted by Crippen LogP contribution is -2.50. The largest absolute Gasteiger partial charge is 0.349 e. The summed E-state index contributed by atoms with van der Waals surface area (Å²) in [5, 5.41) is 2.84. The minimum absolute atomic E-state index is 0.0640. The first-order valence-corrected chi connectivity index (χ1v) is 10.8. The first kappa shape index (κ1) is 20.4. The van der Waals surface area contributed by atoms with Gasteiger partial charge in [-0.05, 0) is 38.3 Å². The molecule has 1 aromatic rings. The van der Waals surface area contributed by atoms with Crippen LogP contribution in [0.5, 0.6) is 0 Å². The molecule has 1 aliphatic heterocycles. The van der Waals surface area contributed by atoms with Crippen molar-refractivity contribution in [3.8, 4) is 0 Å². The Kier molecular flexibility index (Phi) is 7.16. The van der Waals surface area contributed by atoms with Crippen LogP contribution in [0.2, 0.25) is 0 Å². The van der Waals surface area contributed by atoms with E-state index in [0.29, 0.717) is 12.1 Å². The summed E-state index contributed by atoms with van der Waals surface area (Å²) in [6.07, 6.45) is 3.96. The number of rotatable bonds is 7. The minimum atomic E-state index is -3.29. The molecule has 26 heavy (non-hydrogen) atoms. The van der Waals surface area contributed by atoms with E-state index in [1.165, 1.54) is 0 Å². The van der Waals surface area contributed by atoms with Crippen molar-refractivity contribution in [2.45, 2.75) is 44.7 Å². The zero-order valence-electron chi connectivity index (χ0n) is 15.3. The van der Waals surface area contributed by atoms with Crippen LogP contribution in [0.3, 0.4) is 0 Å². The molecule has 1 aliphatic rings. The second kappa shape index (κ2) is 9.14. The van der Waals surface area contributed by atoms with Crippen molar-refractivity contribution < 1.29 is 18.0 Å². The third-order valence-electron chi connectivity index (χ3n) is 4.42. The minimum Gasteiger partial charge on any atom is -0.349 e. The van der Waals surface area contributed by atoms with Gasteiger partial charge in [-0.2, -0.15) is 0 Å². The summed E-state index contributed by atoms with van der Waals surface area (Å²) in [5.74, 6) is -0.273. The summed E-state index contributed by atoms with van der Waals surface area (Å²) in [6.45, 7) is 2.65. The van der Waals surface area contributed by atoms with Crippen LogP contribution in [-0.2, 0) is 14.8 Å². The van der Waals surface area contributed by atoms with Crippen molar-refractivity contribution in [2.24, 2.45) is 0 Å². The number of piperidine rings is 1. The smallest absolute Gasteiger partial charge is 0.251 e. The fraction of sp³-hybridized carbons (Fsp3) is 0.556. The number of nitrogens with zero attached hydrogens (tertiary/aromatic N) is 1. The lowest BCUT2D eigenvalue weighted by atomic mass is 10.0. The van der Waals surface area contributed by atoms with Crippen LogP contribution in [0.1, 0.15) is 43.0 Å². The zero-order chi connectivity index (χ0) is 19.2. The lowest BCUT2D eigenvalue weighted by molar-refractivity contribution is -0.135. The SMILES string of the molecule is C[C@H](CC(=O)N1CCCC[C@@H]1CNS(C)(=O)=O)NC(=O)c1ccccc1. The van der Waals surface area contributed by atoms with E-state index >= 15 is 0 Å². The van der Waals surface area contributed by atoms with Gasteiger partial charge in [0.2, 0.25) is 15.9 Å². The lowest BCUT2D eigenvalue weighted by Gasteiger charge is -2.36. The first-order valence-electron chi connectivity index (χ1n) is 8.86. The van der Waals surface area contributed by atoms with Crippen molar-refractivity contribution >= 4 is 21.8 Å². The molecule has 0 saturated carbocycles. The van der Waals surface area contributed by atoms with Crippen molar-refractivity contribution in [1.29, 1.82) is 0 Å². The second-order valence-electron chi connectivity index (χ2n) is 6.80. The molecule has 0 bridgehead atoms. The van der Waals surface area contributed by atoms with Crippen LogP contribution < -0.4 is 10.0 Å². The summed E-state index contributed by atoms with van der Waals surface area (Å²) < 4.78 is 25.1. The molecule has 2 N–H and O–H groups in total. The Bertz CT molecular complexity index is 721. The monoisotopic (exact) mass is 381 g/mol. The number of hydrogen-bond donors (Lipinski definition) is 2. The van der Waals surface area contributed by atoms with E-state index in [4.69, 9.17) is 0 Å². The predicted molar refractivity (Wildman–Crippen MR) is 100 cm³/mol. The summed E-state index contributed by atoms with van der Waals surface area (Å²) in [6, 6.07) is 8.42. The van der Waals surface area contributed by atoms with E-state index in [1.807, 2.05) is 6.07 Å². The van der Waals surface area contributed by atoms with E-state index in [0.717, 1.165) is 25.5 Å². The third kappa shape index (κ3) is 6.42. The summed E-state index contributed by atoms with van der Waals surface area (Å²) in [7, 11) is -3.29. The number of carbonyl (C=O) groups excluding carboxylic acids is 2. The molecule has 1 aromatic carbocycles. The van der Waals surface area contributed by atoms with Gasteiger partial charge in [0.15, 0.2) is 0 Å². The van der Waals surface area contributed by atoms with Gasteiger partial charge in [-0.3, -0.25) is 9.59 Å². The fourth-order valence-corrected chi connectivity index (χ4v) is 3.61. The molecule has 144 valence electrons. The maximum atomic E-state index is 12.7. The van der Waals surface area contributed by atoms with Gasteiger partial charge < -0.3 is 10.2 Å². The van der Waals surface area contributed by atoms with Crippen LogP contribution in [0.25, 0.3) is 0 Å². The van der Waals surface area contributed by atoms with Gasteiger partial charge in [0.1, 0.15) is 0 Å². The Morgan fingerprint density at radius 2 is 1.92 bits per heavy atom. The van der Waals surface area contributed by atoms with Crippen molar-refractivity contribution in [3.05, 3.63) is 35.9 Å². The van der Waals surface area contributed by atoms with Crippen LogP contribution in [0, 0.1) is 0 Å². The average molecular weight is 381 g/mol. The van der Waals surface area contributed by atoms with Crippen molar-refractivity contribution in [1.82, 2.24) is 14.9 Å². The Morgan fingerprint density at radius 1 is 1.23 bits per heavy atom. The Balaban J connectivity index is 1.90. The Morgan fingerprint density at radius 3 is 2.58 bits per heavy atom. The van der Waals surface area contributed by atoms with Crippen LogP contribution >= 0.6 is 0 Å². The number of amides is 2. The number of sulfonamides is 1. The predicted octanol–water partition coefficient (Wildman–Crippen LogP) is 1.13. The first-order chi connectivity index (χ1) is 12.3. The molecule has 0 aromatic heterocycles. The molecular formula is C18H27N3O4S. The topological polar surface area (TPSA) is 95.6 Å². The van der Waals surface area contributed by atoms with Crippen molar-refractivity contribution in [2.75, 3.05) is 19.3 Å². The van der Waals surface area contributed by atoms with Gasteiger partial charge in [-0.25, -0.2) is 13.1 Å². The molecule has 1 saturated heterocycles. The summed E-state index contributed by atoms with van der Waals surface area (Å²) in [5.41, 5.74) is 0.556. The van der Waals surface area contributed by atoms with E-state index in [9.17, 15) is 18.0 Å². The number of hydrogen-bond acceptors (Lipinski definition) is 4. The standard InChI is InChI=1S/C18H27N3O4S/c1-14(20-18(23)15-8-4-3-5-9-15)12-17(22)21-11-7-6-10-16(21)13-19-26(2,24)25/h3-5,8-9,14,16,19H,6-7,10-13H2,1-2H3,(H,20,23)/t14-,16-/m1/s1. The molecule has 2 atom stereocenters. The Hall–Kier alpha value is -1.93. The number of likely N-dealkylation sites (tertiary alicyclic amines) is 1. The molecule has 8 heteroatoms. The highest BCUT2D eigenvalue weighted by Crippen LogP contribution is 2.18. The number of nitrogens with one attached hydrogen (secondary N) is 2. The third-order valence-corrected chi connectivity index (χ3v) is 5.11. The molecule has 1 heterocycles. The van der Waals surface area contributed by atoms with E-state index in [-0.39, 0.29) is 36.9 Å². The molecule has 0 unspecified atom stereocenters. The molecule has 7 nitrogen and oxygen atoms in total. The maximum absolute atomic E-state index is 12.7. The van der Waals surface area contributed by atoms with Gasteiger partial charge in [-0.1, -0.05) is 18.2 Å². The van der Waals surface area contributed by atoms with Crippen LogP contribution in [-0.4, -0.2) is 56.6 Å². The van der Waals surface area contributed by atoms with Crippen LogP contribution in [0.15, 0.2) is 30.3 Å². The molecule has 0 radical (unpaired) electrons. The average Bonchev–Trinajstić information content (AvgIpc) is 2.60. The maximum Gasteiger partial charge on any atom is 0.251 e. The Labute approximate surface area is 155 Å². The summed E-state index contributed by atoms with van der Waals surface area (Å²) >= 11 is 0. The van der Waals surface area contributed by atoms with E-state index in [1.54, 1.807) is 36.1 Å². The molecular weight excluding hydrogens is 354 g/mol. The van der Waals surface area contributed by atoms with Gasteiger partial charge in [0, 0.05) is 37.2 Å². The summed E-state index contributed by atoms with van der Waals surface area (Å²) in [4.78, 5) is 26.6. The highest BCUT2D eigenvalue weighted by molar-refractivity contribution is 7.88.